The van der Waals surface area contributed by atoms with E-state index in [2.05, 4.69) is 0 Å². The summed E-state index contributed by atoms with van der Waals surface area (Å²) < 4.78 is 4.97. The Kier molecular flexibility index (Phi) is 2.52. The minimum absolute atomic E-state index is 0.159. The van der Waals surface area contributed by atoms with Gasteiger partial charge in [-0.1, -0.05) is 0 Å². The van der Waals surface area contributed by atoms with Crippen molar-refractivity contribution in [1.29, 1.82) is 0 Å². The summed E-state index contributed by atoms with van der Waals surface area (Å²) >= 11 is 0. The van der Waals surface area contributed by atoms with Gasteiger partial charge in [-0.15, -0.1) is 0 Å². The standard InChI is InChI=1S/C8H13NO2/c1-3-9-5-4-7(11-2)6-8(9)10/h4H,3,5-6H2,1-2H3. The summed E-state index contributed by atoms with van der Waals surface area (Å²) in [6.45, 7) is 3.45. The molecule has 0 N–H and O–H groups in total. The Bertz CT molecular complexity index is 187. The molecular formula is C8H13NO2. The summed E-state index contributed by atoms with van der Waals surface area (Å²) in [7, 11) is 1.60. The molecule has 1 amide bonds. The average molecular weight is 155 g/mol. The third-order valence-corrected chi connectivity index (χ3v) is 1.86. The first-order valence-electron chi connectivity index (χ1n) is 3.78. The van der Waals surface area contributed by atoms with E-state index in [0.717, 1.165) is 12.3 Å². The SMILES string of the molecule is CCN1CC=C(OC)CC1=O. The molecule has 0 aliphatic carbocycles. The first-order chi connectivity index (χ1) is 5.27. The molecule has 1 rings (SSSR count). The van der Waals surface area contributed by atoms with Crippen LogP contribution in [0.25, 0.3) is 0 Å². The number of carbonyl (C=O) groups excluding carboxylic acids is 1. The monoisotopic (exact) mass is 155 g/mol. The normalized spacial score (nSPS) is 18.2. The maximum atomic E-state index is 11.2. The fraction of sp³-hybridized carbons (Fsp3) is 0.625. The number of rotatable bonds is 2. The summed E-state index contributed by atoms with van der Waals surface area (Å²) in [6, 6.07) is 0. The summed E-state index contributed by atoms with van der Waals surface area (Å²) in [5.74, 6) is 0.951. The van der Waals surface area contributed by atoms with Crippen molar-refractivity contribution in [1.82, 2.24) is 4.90 Å². The Labute approximate surface area is 66.6 Å². The van der Waals surface area contributed by atoms with Crippen molar-refractivity contribution in [2.75, 3.05) is 20.2 Å². The topological polar surface area (TPSA) is 29.5 Å². The van der Waals surface area contributed by atoms with Gasteiger partial charge in [-0.3, -0.25) is 4.79 Å². The Morgan fingerprint density at radius 3 is 2.91 bits per heavy atom. The molecule has 0 atom stereocenters. The predicted molar refractivity (Wildman–Crippen MR) is 42.0 cm³/mol. The van der Waals surface area contributed by atoms with Crippen LogP contribution in [-0.2, 0) is 9.53 Å². The number of amides is 1. The van der Waals surface area contributed by atoms with E-state index in [1.165, 1.54) is 0 Å². The van der Waals surface area contributed by atoms with Crippen molar-refractivity contribution in [3.05, 3.63) is 11.8 Å². The zero-order valence-corrected chi connectivity index (χ0v) is 6.96. The van der Waals surface area contributed by atoms with Crippen LogP contribution in [-0.4, -0.2) is 31.0 Å². The van der Waals surface area contributed by atoms with Crippen LogP contribution in [0.3, 0.4) is 0 Å². The molecule has 0 saturated heterocycles. The molecule has 0 spiro atoms. The number of likely N-dealkylation sites (N-methyl/N-ethyl adjacent to an activating group) is 1. The molecule has 3 nitrogen and oxygen atoms in total. The fourth-order valence-corrected chi connectivity index (χ4v) is 1.11. The second-order valence-electron chi connectivity index (χ2n) is 2.48. The number of ether oxygens (including phenoxy) is 1. The van der Waals surface area contributed by atoms with E-state index >= 15 is 0 Å². The molecule has 0 aromatic rings. The maximum absolute atomic E-state index is 11.2. The van der Waals surface area contributed by atoms with Crippen molar-refractivity contribution in [3.63, 3.8) is 0 Å². The van der Waals surface area contributed by atoms with Crippen LogP contribution in [0.15, 0.2) is 11.8 Å². The quantitative estimate of drug-likeness (QED) is 0.589. The van der Waals surface area contributed by atoms with E-state index in [4.69, 9.17) is 4.74 Å². The number of hydrogen-bond donors (Lipinski definition) is 0. The van der Waals surface area contributed by atoms with E-state index < -0.39 is 0 Å². The Balaban J connectivity index is 2.59. The third-order valence-electron chi connectivity index (χ3n) is 1.86. The zero-order chi connectivity index (χ0) is 8.27. The van der Waals surface area contributed by atoms with Crippen LogP contribution in [0, 0.1) is 0 Å². The van der Waals surface area contributed by atoms with E-state index in [9.17, 15) is 4.79 Å². The van der Waals surface area contributed by atoms with Gasteiger partial charge in [0.15, 0.2) is 0 Å². The van der Waals surface area contributed by atoms with Crippen LogP contribution < -0.4 is 0 Å². The molecule has 0 fully saturated rings. The number of nitrogens with zero attached hydrogens (tertiary/aromatic N) is 1. The van der Waals surface area contributed by atoms with Gasteiger partial charge >= 0.3 is 0 Å². The van der Waals surface area contributed by atoms with Crippen LogP contribution in [0.1, 0.15) is 13.3 Å². The Morgan fingerprint density at radius 2 is 2.45 bits per heavy atom. The number of methoxy groups -OCH3 is 1. The fourth-order valence-electron chi connectivity index (χ4n) is 1.11. The van der Waals surface area contributed by atoms with Gasteiger partial charge in [-0.25, -0.2) is 0 Å². The first kappa shape index (κ1) is 8.11. The third kappa shape index (κ3) is 1.73. The van der Waals surface area contributed by atoms with Crippen molar-refractivity contribution in [2.24, 2.45) is 0 Å². The number of carbonyl (C=O) groups is 1. The molecule has 0 saturated carbocycles. The smallest absolute Gasteiger partial charge is 0.230 e. The molecule has 0 aromatic heterocycles. The van der Waals surface area contributed by atoms with Crippen LogP contribution in [0.4, 0.5) is 0 Å². The van der Waals surface area contributed by atoms with Crippen LogP contribution in [0.2, 0.25) is 0 Å². The summed E-state index contributed by atoms with van der Waals surface area (Å²) in [6.07, 6.45) is 2.37. The highest BCUT2D eigenvalue weighted by Gasteiger charge is 2.17. The van der Waals surface area contributed by atoms with Gasteiger partial charge in [0, 0.05) is 13.1 Å². The zero-order valence-electron chi connectivity index (χ0n) is 6.96. The summed E-state index contributed by atoms with van der Waals surface area (Å²) in [5.41, 5.74) is 0. The predicted octanol–water partition coefficient (Wildman–Crippen LogP) is 0.769. The van der Waals surface area contributed by atoms with Crippen molar-refractivity contribution in [3.8, 4) is 0 Å². The van der Waals surface area contributed by atoms with E-state index in [-0.39, 0.29) is 5.91 Å². The van der Waals surface area contributed by atoms with Gasteiger partial charge in [0.1, 0.15) is 5.76 Å². The highest BCUT2D eigenvalue weighted by molar-refractivity contribution is 5.79. The Hall–Kier alpha value is -0.990. The van der Waals surface area contributed by atoms with E-state index in [1.807, 2.05) is 13.0 Å². The van der Waals surface area contributed by atoms with Gasteiger partial charge < -0.3 is 9.64 Å². The average Bonchev–Trinajstić information content (AvgIpc) is 2.04. The second-order valence-corrected chi connectivity index (χ2v) is 2.48. The van der Waals surface area contributed by atoms with Gasteiger partial charge in [-0.05, 0) is 13.0 Å². The van der Waals surface area contributed by atoms with E-state index in [0.29, 0.717) is 13.0 Å². The number of hydrogen-bond acceptors (Lipinski definition) is 2. The maximum Gasteiger partial charge on any atom is 0.230 e. The lowest BCUT2D eigenvalue weighted by atomic mass is 10.2. The van der Waals surface area contributed by atoms with Crippen molar-refractivity contribution in [2.45, 2.75) is 13.3 Å². The molecule has 0 radical (unpaired) electrons. The minimum Gasteiger partial charge on any atom is -0.501 e. The summed E-state index contributed by atoms with van der Waals surface area (Å²) in [4.78, 5) is 13.0. The Morgan fingerprint density at radius 1 is 1.73 bits per heavy atom. The minimum atomic E-state index is 0.159. The highest BCUT2D eigenvalue weighted by Crippen LogP contribution is 2.11. The molecule has 0 bridgehead atoms. The molecular weight excluding hydrogens is 142 g/mol. The van der Waals surface area contributed by atoms with Gasteiger partial charge in [-0.2, -0.15) is 0 Å². The largest absolute Gasteiger partial charge is 0.501 e. The first-order valence-corrected chi connectivity index (χ1v) is 3.78. The van der Waals surface area contributed by atoms with Gasteiger partial charge in [0.25, 0.3) is 0 Å². The molecule has 0 aromatic carbocycles. The molecule has 11 heavy (non-hydrogen) atoms. The summed E-state index contributed by atoms with van der Waals surface area (Å²) in [5, 5.41) is 0. The second kappa shape index (κ2) is 3.42. The van der Waals surface area contributed by atoms with Crippen molar-refractivity contribution >= 4 is 5.91 Å². The highest BCUT2D eigenvalue weighted by atomic mass is 16.5. The lowest BCUT2D eigenvalue weighted by Crippen LogP contribution is -2.34. The molecule has 62 valence electrons. The van der Waals surface area contributed by atoms with Crippen LogP contribution in [0.5, 0.6) is 0 Å². The van der Waals surface area contributed by atoms with Gasteiger partial charge in [0.05, 0.1) is 13.5 Å². The van der Waals surface area contributed by atoms with Gasteiger partial charge in [0.2, 0.25) is 5.91 Å². The lowest BCUT2D eigenvalue weighted by Gasteiger charge is -2.23. The molecule has 1 aliphatic heterocycles. The molecule has 3 heteroatoms. The molecule has 0 unspecified atom stereocenters. The molecule has 1 heterocycles. The van der Waals surface area contributed by atoms with Crippen LogP contribution >= 0.6 is 0 Å². The van der Waals surface area contributed by atoms with E-state index in [1.54, 1.807) is 12.0 Å². The lowest BCUT2D eigenvalue weighted by molar-refractivity contribution is -0.131. The van der Waals surface area contributed by atoms with Crippen molar-refractivity contribution < 1.29 is 9.53 Å². The molecule has 1 aliphatic rings.